The van der Waals surface area contributed by atoms with Crippen molar-refractivity contribution in [1.29, 1.82) is 0 Å². The zero-order chi connectivity index (χ0) is 15.2. The van der Waals surface area contributed by atoms with Crippen molar-refractivity contribution >= 4 is 29.3 Å². The van der Waals surface area contributed by atoms with Crippen LogP contribution >= 0.6 is 23.4 Å². The molecule has 1 amide bonds. The Balaban J connectivity index is 2.05. The molecule has 5 nitrogen and oxygen atoms in total. The second-order valence-corrected chi connectivity index (χ2v) is 6.31. The zero-order valence-corrected chi connectivity index (χ0v) is 13.5. The molecule has 1 aromatic heterocycles. The Kier molecular flexibility index (Phi) is 5.64. The minimum absolute atomic E-state index is 0.0469. The number of nitrogens with zero attached hydrogens (tertiary/aromatic N) is 3. The highest BCUT2D eigenvalue weighted by Crippen LogP contribution is 2.26. The third-order valence-electron chi connectivity index (χ3n) is 2.79. The Labute approximate surface area is 133 Å². The molecule has 0 aliphatic heterocycles. The predicted octanol–water partition coefficient (Wildman–Crippen LogP) is 2.86. The van der Waals surface area contributed by atoms with E-state index in [9.17, 15) is 4.79 Å². The molecule has 1 heterocycles. The van der Waals surface area contributed by atoms with Gasteiger partial charge in [-0.1, -0.05) is 18.5 Å². The third kappa shape index (κ3) is 4.47. The molecule has 2 rings (SSSR count). The Morgan fingerprint density at radius 1 is 1.52 bits per heavy atom. The summed E-state index contributed by atoms with van der Waals surface area (Å²) >= 11 is 7.60. The Hall–Kier alpha value is -1.53. The van der Waals surface area contributed by atoms with Gasteiger partial charge in [0.2, 0.25) is 0 Å². The number of hydrogen-bond acceptors (Lipinski definition) is 4. The number of carbonyl (C=O) groups excluding carboxylic acids is 1. The molecule has 0 aliphatic rings. The van der Waals surface area contributed by atoms with Gasteiger partial charge in [0.15, 0.2) is 0 Å². The van der Waals surface area contributed by atoms with Crippen molar-refractivity contribution < 1.29 is 4.79 Å². The standard InChI is InChI=1S/C14H17ClN4OS/c1-3-21-13-6-11(15)4-5-12(13)14(20)18-10(2)7-19-9-16-8-17-19/h4-6,8-10H,3,7H2,1-2H3,(H,18,20). The quantitative estimate of drug-likeness (QED) is 0.830. The summed E-state index contributed by atoms with van der Waals surface area (Å²) in [5, 5.41) is 7.63. The molecule has 1 unspecified atom stereocenters. The summed E-state index contributed by atoms with van der Waals surface area (Å²) < 4.78 is 1.69. The smallest absolute Gasteiger partial charge is 0.252 e. The van der Waals surface area contributed by atoms with E-state index in [-0.39, 0.29) is 11.9 Å². The number of rotatable bonds is 6. The number of carbonyl (C=O) groups is 1. The SMILES string of the molecule is CCSc1cc(Cl)ccc1C(=O)NC(C)Cn1cncn1. The van der Waals surface area contributed by atoms with Gasteiger partial charge in [0.1, 0.15) is 12.7 Å². The summed E-state index contributed by atoms with van der Waals surface area (Å²) in [7, 11) is 0. The maximum atomic E-state index is 12.4. The first-order valence-electron chi connectivity index (χ1n) is 6.65. The van der Waals surface area contributed by atoms with Crippen LogP contribution in [0.5, 0.6) is 0 Å². The number of benzene rings is 1. The number of hydrogen-bond donors (Lipinski definition) is 1. The topological polar surface area (TPSA) is 59.8 Å². The fourth-order valence-corrected chi connectivity index (χ4v) is 2.99. The van der Waals surface area contributed by atoms with E-state index in [2.05, 4.69) is 15.4 Å². The van der Waals surface area contributed by atoms with Gasteiger partial charge in [0, 0.05) is 16.0 Å². The van der Waals surface area contributed by atoms with E-state index in [4.69, 9.17) is 11.6 Å². The minimum Gasteiger partial charge on any atom is -0.348 e. The number of thioether (sulfide) groups is 1. The van der Waals surface area contributed by atoms with E-state index >= 15 is 0 Å². The van der Waals surface area contributed by atoms with E-state index in [1.807, 2.05) is 19.9 Å². The first kappa shape index (κ1) is 15.9. The van der Waals surface area contributed by atoms with Crippen molar-refractivity contribution in [2.45, 2.75) is 31.3 Å². The van der Waals surface area contributed by atoms with Gasteiger partial charge in [-0.05, 0) is 30.9 Å². The first-order chi connectivity index (χ1) is 10.1. The average Bonchev–Trinajstić information content (AvgIpc) is 2.91. The van der Waals surface area contributed by atoms with E-state index in [0.29, 0.717) is 17.1 Å². The largest absolute Gasteiger partial charge is 0.348 e. The van der Waals surface area contributed by atoms with E-state index in [0.717, 1.165) is 10.6 Å². The minimum atomic E-state index is -0.102. The van der Waals surface area contributed by atoms with Crippen molar-refractivity contribution in [3.8, 4) is 0 Å². The molecular formula is C14H17ClN4OS. The number of amides is 1. The second-order valence-electron chi connectivity index (χ2n) is 4.57. The fourth-order valence-electron chi connectivity index (χ4n) is 1.91. The van der Waals surface area contributed by atoms with Crippen LogP contribution < -0.4 is 5.32 Å². The molecule has 112 valence electrons. The summed E-state index contributed by atoms with van der Waals surface area (Å²) in [5.41, 5.74) is 0.650. The number of nitrogens with one attached hydrogen (secondary N) is 1. The van der Waals surface area contributed by atoms with Crippen molar-refractivity contribution in [3.63, 3.8) is 0 Å². The lowest BCUT2D eigenvalue weighted by Crippen LogP contribution is -2.36. The van der Waals surface area contributed by atoms with Gasteiger partial charge in [-0.25, -0.2) is 4.98 Å². The summed E-state index contributed by atoms with van der Waals surface area (Å²) in [5.74, 6) is 0.782. The predicted molar refractivity (Wildman–Crippen MR) is 84.8 cm³/mol. The molecule has 1 atom stereocenters. The van der Waals surface area contributed by atoms with Crippen LogP contribution in [-0.4, -0.2) is 32.5 Å². The Morgan fingerprint density at radius 2 is 2.33 bits per heavy atom. The van der Waals surface area contributed by atoms with Crippen molar-refractivity contribution in [3.05, 3.63) is 41.4 Å². The fraction of sp³-hybridized carbons (Fsp3) is 0.357. The van der Waals surface area contributed by atoms with E-state index < -0.39 is 0 Å². The van der Waals surface area contributed by atoms with E-state index in [1.54, 1.807) is 34.9 Å². The molecule has 0 radical (unpaired) electrons. The van der Waals surface area contributed by atoms with Crippen LogP contribution in [0.1, 0.15) is 24.2 Å². The van der Waals surface area contributed by atoms with Crippen LogP contribution in [0, 0.1) is 0 Å². The highest BCUT2D eigenvalue weighted by atomic mass is 35.5. The molecule has 0 saturated carbocycles. The number of halogens is 1. The van der Waals surface area contributed by atoms with Gasteiger partial charge in [0.05, 0.1) is 12.1 Å². The van der Waals surface area contributed by atoms with Gasteiger partial charge >= 0.3 is 0 Å². The van der Waals surface area contributed by atoms with Crippen LogP contribution in [0.4, 0.5) is 0 Å². The summed E-state index contributed by atoms with van der Waals surface area (Å²) in [4.78, 5) is 17.2. The van der Waals surface area contributed by atoms with Crippen molar-refractivity contribution in [1.82, 2.24) is 20.1 Å². The molecule has 0 spiro atoms. The van der Waals surface area contributed by atoms with Crippen LogP contribution in [0.2, 0.25) is 5.02 Å². The maximum absolute atomic E-state index is 12.4. The molecule has 0 bridgehead atoms. The van der Waals surface area contributed by atoms with Crippen LogP contribution in [0.15, 0.2) is 35.7 Å². The highest BCUT2D eigenvalue weighted by molar-refractivity contribution is 7.99. The van der Waals surface area contributed by atoms with Gasteiger partial charge in [-0.2, -0.15) is 5.10 Å². The monoisotopic (exact) mass is 324 g/mol. The summed E-state index contributed by atoms with van der Waals surface area (Å²) in [6, 6.07) is 5.28. The average molecular weight is 325 g/mol. The van der Waals surface area contributed by atoms with Crippen molar-refractivity contribution in [2.24, 2.45) is 0 Å². The molecule has 1 aromatic carbocycles. The van der Waals surface area contributed by atoms with Gasteiger partial charge in [0.25, 0.3) is 5.91 Å². The summed E-state index contributed by atoms with van der Waals surface area (Å²) in [6.07, 6.45) is 3.10. The lowest BCUT2D eigenvalue weighted by Gasteiger charge is -2.15. The first-order valence-corrected chi connectivity index (χ1v) is 8.02. The van der Waals surface area contributed by atoms with Gasteiger partial charge in [-0.3, -0.25) is 9.48 Å². The molecule has 0 saturated heterocycles. The lowest BCUT2D eigenvalue weighted by molar-refractivity contribution is 0.0933. The molecule has 0 aliphatic carbocycles. The highest BCUT2D eigenvalue weighted by Gasteiger charge is 2.14. The van der Waals surface area contributed by atoms with Crippen LogP contribution in [0.3, 0.4) is 0 Å². The van der Waals surface area contributed by atoms with Crippen molar-refractivity contribution in [2.75, 3.05) is 5.75 Å². The molecule has 21 heavy (non-hydrogen) atoms. The Morgan fingerprint density at radius 3 is 3.00 bits per heavy atom. The molecule has 2 aromatic rings. The Bertz CT molecular complexity index is 603. The maximum Gasteiger partial charge on any atom is 0.252 e. The summed E-state index contributed by atoms with van der Waals surface area (Å²) in [6.45, 7) is 4.55. The van der Waals surface area contributed by atoms with E-state index in [1.165, 1.54) is 6.33 Å². The normalized spacial score (nSPS) is 12.1. The molecule has 0 fully saturated rings. The van der Waals surface area contributed by atoms with Gasteiger partial charge < -0.3 is 5.32 Å². The number of aromatic nitrogens is 3. The molecular weight excluding hydrogens is 308 g/mol. The molecule has 1 N–H and O–H groups in total. The molecule has 7 heteroatoms. The van der Waals surface area contributed by atoms with Gasteiger partial charge in [-0.15, -0.1) is 11.8 Å². The zero-order valence-electron chi connectivity index (χ0n) is 11.9. The van der Waals surface area contributed by atoms with Crippen LogP contribution in [-0.2, 0) is 6.54 Å². The second kappa shape index (κ2) is 7.47. The lowest BCUT2D eigenvalue weighted by atomic mass is 10.2. The third-order valence-corrected chi connectivity index (χ3v) is 3.97. The van der Waals surface area contributed by atoms with Crippen LogP contribution in [0.25, 0.3) is 0 Å².